The first-order chi connectivity index (χ1) is 9.85. The van der Waals surface area contributed by atoms with Crippen molar-refractivity contribution >= 4 is 5.82 Å². The van der Waals surface area contributed by atoms with Gasteiger partial charge in [-0.15, -0.1) is 0 Å². The van der Waals surface area contributed by atoms with Crippen LogP contribution in [0.15, 0.2) is 42.6 Å². The fourth-order valence-electron chi connectivity index (χ4n) is 1.95. The Hall–Kier alpha value is -2.07. The maximum absolute atomic E-state index is 5.49. The summed E-state index contributed by atoms with van der Waals surface area (Å²) >= 11 is 0. The van der Waals surface area contributed by atoms with Crippen LogP contribution >= 0.6 is 0 Å². The SMILES string of the molecule is CCOCc1ccccc1CNc1ncccc1OC. The number of nitrogens with one attached hydrogen (secondary N) is 1. The first kappa shape index (κ1) is 14.3. The molecule has 1 aromatic heterocycles. The first-order valence-corrected chi connectivity index (χ1v) is 6.72. The van der Waals surface area contributed by atoms with Crippen molar-refractivity contribution in [1.29, 1.82) is 0 Å². The number of hydrogen-bond donors (Lipinski definition) is 1. The molecule has 0 unspecified atom stereocenters. The smallest absolute Gasteiger partial charge is 0.168 e. The molecule has 0 amide bonds. The van der Waals surface area contributed by atoms with Gasteiger partial charge in [-0.2, -0.15) is 0 Å². The average Bonchev–Trinajstić information content (AvgIpc) is 2.52. The third-order valence-electron chi connectivity index (χ3n) is 3.02. The second-order valence-corrected chi connectivity index (χ2v) is 4.31. The number of pyridine rings is 1. The van der Waals surface area contributed by atoms with E-state index in [9.17, 15) is 0 Å². The van der Waals surface area contributed by atoms with Crippen LogP contribution < -0.4 is 10.1 Å². The van der Waals surface area contributed by atoms with Gasteiger partial charge in [0.2, 0.25) is 0 Å². The van der Waals surface area contributed by atoms with E-state index in [0.717, 1.165) is 18.2 Å². The Bertz CT molecular complexity index is 544. The molecule has 0 saturated carbocycles. The minimum atomic E-state index is 0.633. The highest BCUT2D eigenvalue weighted by Crippen LogP contribution is 2.21. The number of methoxy groups -OCH3 is 1. The summed E-state index contributed by atoms with van der Waals surface area (Å²) in [6.45, 7) is 4.04. The van der Waals surface area contributed by atoms with Gasteiger partial charge in [0.1, 0.15) is 0 Å². The molecular formula is C16H20N2O2. The molecule has 2 rings (SSSR count). The second kappa shape index (κ2) is 7.50. The van der Waals surface area contributed by atoms with Crippen LogP contribution in [0.5, 0.6) is 5.75 Å². The van der Waals surface area contributed by atoms with Gasteiger partial charge in [0, 0.05) is 19.3 Å². The van der Waals surface area contributed by atoms with Crippen LogP contribution in [-0.2, 0) is 17.9 Å². The van der Waals surface area contributed by atoms with Gasteiger partial charge in [-0.05, 0) is 30.2 Å². The molecule has 0 spiro atoms. The highest BCUT2D eigenvalue weighted by Gasteiger charge is 2.05. The van der Waals surface area contributed by atoms with Crippen LogP contribution in [-0.4, -0.2) is 18.7 Å². The Labute approximate surface area is 119 Å². The van der Waals surface area contributed by atoms with Gasteiger partial charge >= 0.3 is 0 Å². The molecule has 0 aliphatic carbocycles. The van der Waals surface area contributed by atoms with Crippen molar-refractivity contribution in [2.75, 3.05) is 19.0 Å². The van der Waals surface area contributed by atoms with Gasteiger partial charge in [-0.1, -0.05) is 24.3 Å². The molecule has 0 atom stereocenters. The lowest BCUT2D eigenvalue weighted by molar-refractivity contribution is 0.133. The molecule has 4 nitrogen and oxygen atoms in total. The van der Waals surface area contributed by atoms with Gasteiger partial charge in [0.25, 0.3) is 0 Å². The minimum absolute atomic E-state index is 0.633. The molecule has 1 heterocycles. The third kappa shape index (κ3) is 3.71. The van der Waals surface area contributed by atoms with Crippen molar-refractivity contribution in [3.8, 4) is 5.75 Å². The topological polar surface area (TPSA) is 43.4 Å². The highest BCUT2D eigenvalue weighted by molar-refractivity contribution is 5.50. The van der Waals surface area contributed by atoms with Gasteiger partial charge < -0.3 is 14.8 Å². The molecule has 0 aliphatic heterocycles. The lowest BCUT2D eigenvalue weighted by Gasteiger charge is -2.12. The van der Waals surface area contributed by atoms with E-state index in [1.165, 1.54) is 11.1 Å². The molecule has 20 heavy (non-hydrogen) atoms. The fraction of sp³-hybridized carbons (Fsp3) is 0.312. The fourth-order valence-corrected chi connectivity index (χ4v) is 1.95. The normalized spacial score (nSPS) is 10.3. The molecule has 0 fully saturated rings. The zero-order chi connectivity index (χ0) is 14.2. The maximum Gasteiger partial charge on any atom is 0.168 e. The number of hydrogen-bond acceptors (Lipinski definition) is 4. The Kier molecular flexibility index (Phi) is 5.38. The van der Waals surface area contributed by atoms with Gasteiger partial charge in [0.15, 0.2) is 11.6 Å². The molecule has 4 heteroatoms. The summed E-state index contributed by atoms with van der Waals surface area (Å²) in [5, 5.41) is 3.31. The second-order valence-electron chi connectivity index (χ2n) is 4.31. The summed E-state index contributed by atoms with van der Waals surface area (Å²) in [5.41, 5.74) is 2.39. The quantitative estimate of drug-likeness (QED) is 0.840. The van der Waals surface area contributed by atoms with Crippen LogP contribution in [0.3, 0.4) is 0 Å². The summed E-state index contributed by atoms with van der Waals surface area (Å²) < 4.78 is 10.8. The number of ether oxygens (including phenoxy) is 2. The number of nitrogens with zero attached hydrogens (tertiary/aromatic N) is 1. The van der Waals surface area contributed by atoms with Crippen LogP contribution in [0, 0.1) is 0 Å². The summed E-state index contributed by atoms with van der Waals surface area (Å²) in [5.74, 6) is 1.50. The standard InChI is InChI=1S/C16H20N2O2/c1-3-20-12-14-8-5-4-7-13(14)11-18-16-15(19-2)9-6-10-17-16/h4-10H,3,11-12H2,1-2H3,(H,17,18). The highest BCUT2D eigenvalue weighted by atomic mass is 16.5. The number of benzene rings is 1. The summed E-state index contributed by atoms with van der Waals surface area (Å²) in [6, 6.07) is 12.0. The molecule has 106 valence electrons. The number of aromatic nitrogens is 1. The van der Waals surface area contributed by atoms with E-state index in [2.05, 4.69) is 22.4 Å². The molecular weight excluding hydrogens is 252 g/mol. The lowest BCUT2D eigenvalue weighted by atomic mass is 10.1. The predicted octanol–water partition coefficient (Wildman–Crippen LogP) is 3.24. The summed E-state index contributed by atoms with van der Waals surface area (Å²) in [7, 11) is 1.64. The van der Waals surface area contributed by atoms with Crippen molar-refractivity contribution in [2.45, 2.75) is 20.1 Å². The molecule has 1 aromatic carbocycles. The van der Waals surface area contributed by atoms with E-state index < -0.39 is 0 Å². The summed E-state index contributed by atoms with van der Waals surface area (Å²) in [6.07, 6.45) is 1.75. The largest absolute Gasteiger partial charge is 0.493 e. The van der Waals surface area contributed by atoms with Gasteiger partial charge in [-0.3, -0.25) is 0 Å². The first-order valence-electron chi connectivity index (χ1n) is 6.72. The van der Waals surface area contributed by atoms with E-state index in [1.54, 1.807) is 13.3 Å². The van der Waals surface area contributed by atoms with Crippen LogP contribution in [0.25, 0.3) is 0 Å². The van der Waals surface area contributed by atoms with Crippen LogP contribution in [0.4, 0.5) is 5.82 Å². The van der Waals surface area contributed by atoms with Crippen molar-refractivity contribution in [2.24, 2.45) is 0 Å². The third-order valence-corrected chi connectivity index (χ3v) is 3.02. The van der Waals surface area contributed by atoms with E-state index in [-0.39, 0.29) is 0 Å². The van der Waals surface area contributed by atoms with Crippen molar-refractivity contribution in [1.82, 2.24) is 4.98 Å². The Morgan fingerprint density at radius 3 is 2.65 bits per heavy atom. The zero-order valence-corrected chi connectivity index (χ0v) is 11.9. The van der Waals surface area contributed by atoms with E-state index >= 15 is 0 Å². The number of rotatable bonds is 7. The lowest BCUT2D eigenvalue weighted by Crippen LogP contribution is -2.06. The van der Waals surface area contributed by atoms with Crippen molar-refractivity contribution < 1.29 is 9.47 Å². The molecule has 0 aliphatic rings. The van der Waals surface area contributed by atoms with Gasteiger partial charge in [-0.25, -0.2) is 4.98 Å². The van der Waals surface area contributed by atoms with Crippen LogP contribution in [0.2, 0.25) is 0 Å². The van der Waals surface area contributed by atoms with Gasteiger partial charge in [0.05, 0.1) is 13.7 Å². The summed E-state index contributed by atoms with van der Waals surface area (Å²) in [4.78, 5) is 4.29. The maximum atomic E-state index is 5.49. The molecule has 0 radical (unpaired) electrons. The Morgan fingerprint density at radius 2 is 1.90 bits per heavy atom. The zero-order valence-electron chi connectivity index (χ0n) is 11.9. The molecule has 0 saturated heterocycles. The van der Waals surface area contributed by atoms with E-state index in [4.69, 9.17) is 9.47 Å². The van der Waals surface area contributed by atoms with E-state index in [1.807, 2.05) is 31.2 Å². The predicted molar refractivity (Wildman–Crippen MR) is 79.9 cm³/mol. The molecule has 0 bridgehead atoms. The number of anilines is 1. The van der Waals surface area contributed by atoms with E-state index in [0.29, 0.717) is 13.2 Å². The Balaban J connectivity index is 2.06. The van der Waals surface area contributed by atoms with Crippen molar-refractivity contribution in [3.05, 3.63) is 53.7 Å². The average molecular weight is 272 g/mol. The molecule has 2 aromatic rings. The Morgan fingerprint density at radius 1 is 1.10 bits per heavy atom. The minimum Gasteiger partial charge on any atom is -0.493 e. The molecule has 1 N–H and O–H groups in total. The van der Waals surface area contributed by atoms with Crippen LogP contribution in [0.1, 0.15) is 18.1 Å². The van der Waals surface area contributed by atoms with Crippen molar-refractivity contribution in [3.63, 3.8) is 0 Å². The monoisotopic (exact) mass is 272 g/mol.